The minimum Gasteiger partial charge on any atom is -0.496 e. The largest absolute Gasteiger partial charge is 0.496 e. The molecule has 0 radical (unpaired) electrons. The Morgan fingerprint density at radius 2 is 1.87 bits per heavy atom. The van der Waals surface area contributed by atoms with Gasteiger partial charge in [-0.15, -0.1) is 11.3 Å². The average molecular weight is 570 g/mol. The van der Waals surface area contributed by atoms with Gasteiger partial charge in [0.05, 0.1) is 25.2 Å². The van der Waals surface area contributed by atoms with Crippen molar-refractivity contribution in [1.29, 1.82) is 0 Å². The number of aromatic amines is 1. The number of carbonyl (C=O) groups excluding carboxylic acids is 2. The van der Waals surface area contributed by atoms with Crippen LogP contribution in [0.5, 0.6) is 5.75 Å². The van der Waals surface area contributed by atoms with Crippen LogP contribution in [0.4, 0.5) is 0 Å². The zero-order valence-electron chi connectivity index (χ0n) is 21.2. The zero-order valence-corrected chi connectivity index (χ0v) is 22.9. The summed E-state index contributed by atoms with van der Waals surface area (Å²) in [4.78, 5) is 42.7. The van der Waals surface area contributed by atoms with E-state index in [0.29, 0.717) is 16.7 Å². The highest BCUT2D eigenvalue weighted by Gasteiger charge is 2.34. The summed E-state index contributed by atoms with van der Waals surface area (Å²) in [6, 6.07) is 15.8. The number of hydrogen-bond donors (Lipinski definition) is 2. The van der Waals surface area contributed by atoms with E-state index in [1.807, 2.05) is 17.5 Å². The maximum absolute atomic E-state index is 14.0. The van der Waals surface area contributed by atoms with Crippen LogP contribution in [0.2, 0.25) is 0 Å². The lowest BCUT2D eigenvalue weighted by Crippen LogP contribution is -2.44. The van der Waals surface area contributed by atoms with Crippen molar-refractivity contribution in [2.24, 2.45) is 0 Å². The Morgan fingerprint density at radius 3 is 2.59 bits per heavy atom. The lowest BCUT2D eigenvalue weighted by atomic mass is 10.0. The molecule has 4 rings (SSSR count). The van der Waals surface area contributed by atoms with E-state index in [1.54, 1.807) is 31.2 Å². The Hall–Kier alpha value is -4.00. The molecule has 2 aromatic carbocycles. The van der Waals surface area contributed by atoms with Gasteiger partial charge in [0.2, 0.25) is 21.5 Å². The summed E-state index contributed by atoms with van der Waals surface area (Å²) in [7, 11) is -2.85. The highest BCUT2D eigenvalue weighted by atomic mass is 32.2. The maximum Gasteiger partial charge on any atom is 0.325 e. The second kappa shape index (κ2) is 12.2. The van der Waals surface area contributed by atoms with Crippen LogP contribution in [0.25, 0.3) is 10.9 Å². The third-order valence-electron chi connectivity index (χ3n) is 5.84. The topological polar surface area (TPSA) is 135 Å². The number of H-pyrrole nitrogens is 1. The molecule has 39 heavy (non-hydrogen) atoms. The Labute approximate surface area is 229 Å². The lowest BCUT2D eigenvalue weighted by molar-refractivity contribution is -0.149. The summed E-state index contributed by atoms with van der Waals surface area (Å²) in [6.07, 6.45) is 0. The fraction of sp³-hybridized carbons (Fsp3) is 0.222. The van der Waals surface area contributed by atoms with Gasteiger partial charge in [-0.25, -0.2) is 8.42 Å². The van der Waals surface area contributed by atoms with Crippen LogP contribution in [0.15, 0.2) is 81.8 Å². The van der Waals surface area contributed by atoms with Crippen LogP contribution in [0.1, 0.15) is 23.4 Å². The second-order valence-electron chi connectivity index (χ2n) is 8.45. The number of methoxy groups -OCH3 is 1. The zero-order chi connectivity index (χ0) is 28.0. The molecule has 10 nitrogen and oxygen atoms in total. The SMILES string of the molecule is CCOC(=O)CN(Cc1cccs1)C(=O)[C@H](NS(=O)(=O)c1ccc2[nH]c(=O)ccc2c1)c1ccccc1OC. The van der Waals surface area contributed by atoms with Gasteiger partial charge in [0.25, 0.3) is 0 Å². The summed E-state index contributed by atoms with van der Waals surface area (Å²) >= 11 is 1.40. The molecule has 0 aliphatic rings. The first-order valence-corrected chi connectivity index (χ1v) is 14.3. The molecule has 0 bridgehead atoms. The molecular weight excluding hydrogens is 542 g/mol. The first-order valence-electron chi connectivity index (χ1n) is 12.0. The van der Waals surface area contributed by atoms with Gasteiger partial charge in [0, 0.05) is 22.0 Å². The third-order valence-corrected chi connectivity index (χ3v) is 8.12. The molecule has 4 aromatic rings. The van der Waals surface area contributed by atoms with Crippen molar-refractivity contribution in [3.63, 3.8) is 0 Å². The van der Waals surface area contributed by atoms with Crippen LogP contribution in [0, 0.1) is 0 Å². The predicted octanol–water partition coefficient (Wildman–Crippen LogP) is 3.21. The number of carbonyl (C=O) groups is 2. The summed E-state index contributed by atoms with van der Waals surface area (Å²) in [5, 5.41) is 2.34. The second-order valence-corrected chi connectivity index (χ2v) is 11.2. The summed E-state index contributed by atoms with van der Waals surface area (Å²) in [6.45, 7) is 1.50. The number of benzene rings is 2. The number of hydrogen-bond acceptors (Lipinski definition) is 8. The quantitative estimate of drug-likeness (QED) is 0.265. The minimum absolute atomic E-state index is 0.0754. The van der Waals surface area contributed by atoms with Crippen LogP contribution in [0.3, 0.4) is 0 Å². The monoisotopic (exact) mass is 569 g/mol. The Bertz CT molecular complexity index is 1630. The normalized spacial score (nSPS) is 12.2. The Morgan fingerprint density at radius 1 is 1.08 bits per heavy atom. The number of ether oxygens (including phenoxy) is 2. The van der Waals surface area contributed by atoms with Crippen LogP contribution in [-0.4, -0.2) is 50.4 Å². The highest BCUT2D eigenvalue weighted by molar-refractivity contribution is 7.89. The van der Waals surface area contributed by atoms with Gasteiger partial charge < -0.3 is 19.4 Å². The fourth-order valence-corrected chi connectivity index (χ4v) is 5.94. The highest BCUT2D eigenvalue weighted by Crippen LogP contribution is 2.29. The van der Waals surface area contributed by atoms with E-state index >= 15 is 0 Å². The van der Waals surface area contributed by atoms with E-state index in [9.17, 15) is 22.8 Å². The molecule has 0 saturated heterocycles. The van der Waals surface area contributed by atoms with E-state index in [1.165, 1.54) is 53.7 Å². The minimum atomic E-state index is -4.27. The Balaban J connectivity index is 1.75. The maximum atomic E-state index is 14.0. The van der Waals surface area contributed by atoms with E-state index in [0.717, 1.165) is 4.88 Å². The van der Waals surface area contributed by atoms with Gasteiger partial charge in [-0.05, 0) is 54.1 Å². The Kier molecular flexibility index (Phi) is 8.79. The van der Waals surface area contributed by atoms with E-state index in [-0.39, 0.29) is 35.7 Å². The van der Waals surface area contributed by atoms with Crippen molar-refractivity contribution in [3.8, 4) is 5.75 Å². The molecule has 0 unspecified atom stereocenters. The molecule has 1 amide bonds. The predicted molar refractivity (Wildman–Crippen MR) is 147 cm³/mol. The van der Waals surface area contributed by atoms with Crippen molar-refractivity contribution in [3.05, 3.63) is 92.9 Å². The number of rotatable bonds is 11. The summed E-state index contributed by atoms with van der Waals surface area (Å²) < 4.78 is 40.3. The average Bonchev–Trinajstić information content (AvgIpc) is 3.44. The first-order chi connectivity index (χ1) is 18.7. The number of esters is 1. The number of thiophene rings is 1. The number of pyridine rings is 1. The molecule has 2 heterocycles. The van der Waals surface area contributed by atoms with Crippen LogP contribution in [-0.2, 0) is 30.9 Å². The molecule has 0 aliphatic carbocycles. The lowest BCUT2D eigenvalue weighted by Gasteiger charge is -2.28. The fourth-order valence-electron chi connectivity index (χ4n) is 4.02. The standard InChI is InChI=1S/C27H27N3O7S2/c1-3-37-25(32)17-30(16-19-7-6-14-38-19)27(33)26(21-8-4-5-9-23(21)36-2)29-39(34,35)20-11-12-22-18(15-20)10-13-24(31)28-22/h4-15,26,29H,3,16-17H2,1-2H3,(H,28,31)/t26-/m1/s1. The number of amides is 1. The van der Waals surface area contributed by atoms with Crippen molar-refractivity contribution in [1.82, 2.24) is 14.6 Å². The van der Waals surface area contributed by atoms with Crippen molar-refractivity contribution in [2.45, 2.75) is 24.4 Å². The number of para-hydroxylation sites is 1. The van der Waals surface area contributed by atoms with E-state index in [2.05, 4.69) is 9.71 Å². The molecule has 0 saturated carbocycles. The number of nitrogens with one attached hydrogen (secondary N) is 2. The van der Waals surface area contributed by atoms with Gasteiger partial charge in [-0.3, -0.25) is 14.4 Å². The molecule has 0 spiro atoms. The van der Waals surface area contributed by atoms with Crippen molar-refractivity contribution < 1.29 is 27.5 Å². The van der Waals surface area contributed by atoms with E-state index < -0.39 is 27.9 Å². The molecule has 204 valence electrons. The molecule has 12 heteroatoms. The van der Waals surface area contributed by atoms with Crippen molar-refractivity contribution in [2.75, 3.05) is 20.3 Å². The summed E-state index contributed by atoms with van der Waals surface area (Å²) in [5.74, 6) is -0.982. The van der Waals surface area contributed by atoms with Gasteiger partial charge in [-0.2, -0.15) is 4.72 Å². The molecule has 2 aromatic heterocycles. The number of fused-ring (bicyclic) bond motifs is 1. The summed E-state index contributed by atoms with van der Waals surface area (Å²) in [5.41, 5.74) is 0.430. The molecule has 2 N–H and O–H groups in total. The molecule has 0 fully saturated rings. The number of sulfonamides is 1. The van der Waals surface area contributed by atoms with E-state index in [4.69, 9.17) is 9.47 Å². The molecule has 0 aliphatic heterocycles. The number of nitrogens with zero attached hydrogens (tertiary/aromatic N) is 1. The van der Waals surface area contributed by atoms with Gasteiger partial charge in [-0.1, -0.05) is 24.3 Å². The number of aromatic nitrogens is 1. The van der Waals surface area contributed by atoms with Crippen molar-refractivity contribution >= 4 is 44.1 Å². The third kappa shape index (κ3) is 6.72. The van der Waals surface area contributed by atoms with Gasteiger partial charge >= 0.3 is 5.97 Å². The van der Waals surface area contributed by atoms with Crippen LogP contribution < -0.4 is 15.0 Å². The first kappa shape index (κ1) is 28.0. The van der Waals surface area contributed by atoms with Gasteiger partial charge in [0.1, 0.15) is 18.3 Å². The molecular formula is C27H27N3O7S2. The molecule has 1 atom stereocenters. The van der Waals surface area contributed by atoms with Gasteiger partial charge in [0.15, 0.2) is 0 Å². The smallest absolute Gasteiger partial charge is 0.325 e. The van der Waals surface area contributed by atoms with Crippen LogP contribution >= 0.6 is 11.3 Å².